The second-order valence-electron chi connectivity index (χ2n) is 8.18. The monoisotopic (exact) mass is 496 g/mol. The van der Waals surface area contributed by atoms with E-state index in [-0.39, 0.29) is 31.1 Å². The zero-order chi connectivity index (χ0) is 26.2. The van der Waals surface area contributed by atoms with Gasteiger partial charge in [0.25, 0.3) is 5.69 Å². The second kappa shape index (κ2) is 12.1. The molecule has 0 fully saturated rings. The number of aliphatic imine (C=N–C) groups is 1. The van der Waals surface area contributed by atoms with Crippen molar-refractivity contribution < 1.29 is 33.8 Å². The van der Waals surface area contributed by atoms with Gasteiger partial charge in [0.1, 0.15) is 24.9 Å². The number of non-ortho nitro benzene ring substituents is 1. The Balaban J connectivity index is 1.80. The largest absolute Gasteiger partial charge is 0.490 e. The average molecular weight is 497 g/mol. The van der Waals surface area contributed by atoms with Crippen molar-refractivity contribution in [3.05, 3.63) is 81.0 Å². The highest BCUT2D eigenvalue weighted by Crippen LogP contribution is 2.40. The number of hydrogen-bond acceptors (Lipinski definition) is 9. The molecule has 1 N–H and O–H groups in total. The molecular formula is C26H28N2O8. The predicted molar refractivity (Wildman–Crippen MR) is 131 cm³/mol. The maximum Gasteiger partial charge on any atom is 0.336 e. The van der Waals surface area contributed by atoms with Gasteiger partial charge in [0.15, 0.2) is 0 Å². The van der Waals surface area contributed by atoms with Gasteiger partial charge in [0.2, 0.25) is 0 Å². The molecule has 0 saturated carbocycles. The van der Waals surface area contributed by atoms with Crippen molar-refractivity contribution in [1.82, 2.24) is 0 Å². The number of rotatable bonds is 10. The van der Waals surface area contributed by atoms with Crippen LogP contribution in [-0.4, -0.2) is 54.6 Å². The maximum atomic E-state index is 13.2. The number of nitro groups is 1. The van der Waals surface area contributed by atoms with Gasteiger partial charge in [-0.2, -0.15) is 0 Å². The summed E-state index contributed by atoms with van der Waals surface area (Å²) in [4.78, 5) is 41.1. The summed E-state index contributed by atoms with van der Waals surface area (Å²) >= 11 is 0. The fraction of sp³-hybridized carbons (Fsp3) is 0.346. The predicted octanol–water partition coefficient (Wildman–Crippen LogP) is 3.37. The average Bonchev–Trinajstić information content (AvgIpc) is 2.86. The Bertz CT molecular complexity index is 1190. The number of nitrogens with zero attached hydrogens (tertiary/aromatic N) is 2. The van der Waals surface area contributed by atoms with Crippen LogP contribution in [0.15, 0.2) is 64.8 Å². The quantitative estimate of drug-likeness (QED) is 0.229. The summed E-state index contributed by atoms with van der Waals surface area (Å²) in [7, 11) is 1.23. The number of aliphatic hydroxyl groups excluding tert-OH is 1. The Morgan fingerprint density at radius 3 is 2.47 bits per heavy atom. The Labute approximate surface area is 208 Å². The molecule has 1 aliphatic heterocycles. The molecule has 0 radical (unpaired) electrons. The topological polar surface area (TPSA) is 138 Å². The molecule has 0 bridgehead atoms. The Kier molecular flexibility index (Phi) is 8.91. The molecule has 3 rings (SSSR count). The molecule has 1 aliphatic rings. The van der Waals surface area contributed by atoms with Crippen LogP contribution in [0.5, 0.6) is 5.75 Å². The highest BCUT2D eigenvalue weighted by atomic mass is 16.6. The molecule has 2 aromatic carbocycles. The molecule has 36 heavy (non-hydrogen) atoms. The zero-order valence-corrected chi connectivity index (χ0v) is 20.3. The van der Waals surface area contributed by atoms with Gasteiger partial charge in [-0.3, -0.25) is 19.9 Å². The first-order valence-electron chi connectivity index (χ1n) is 11.3. The summed E-state index contributed by atoms with van der Waals surface area (Å²) < 4.78 is 16.0. The summed E-state index contributed by atoms with van der Waals surface area (Å²) in [6.45, 7) is 3.35. The molecule has 1 heterocycles. The smallest absolute Gasteiger partial charge is 0.336 e. The number of methoxy groups -OCH3 is 1. The van der Waals surface area contributed by atoms with Gasteiger partial charge in [0.05, 0.1) is 17.6 Å². The Morgan fingerprint density at radius 2 is 1.83 bits per heavy atom. The summed E-state index contributed by atoms with van der Waals surface area (Å²) in [6, 6.07) is 13.0. The third-order valence-corrected chi connectivity index (χ3v) is 5.85. The van der Waals surface area contributed by atoms with Gasteiger partial charge >= 0.3 is 11.9 Å². The molecule has 0 amide bonds. The first-order valence-corrected chi connectivity index (χ1v) is 11.3. The van der Waals surface area contributed by atoms with Crippen molar-refractivity contribution in [1.29, 1.82) is 0 Å². The lowest BCUT2D eigenvalue weighted by atomic mass is 9.75. The van der Waals surface area contributed by atoms with E-state index in [9.17, 15) is 19.7 Å². The Morgan fingerprint density at radius 1 is 1.11 bits per heavy atom. The standard InChI is InChI=1S/C26H28N2O8/c1-16-22(25(30)34-3)24(19-5-4-6-20(15-19)28(32)33)23(17(2)27-16)26(31)36-14-13-35-21-9-7-18(8-10-21)11-12-29/h4-10,15,22,24,29H,11-14H2,1-3H3/t22?,24-/m0/s1. The molecule has 1 unspecified atom stereocenters. The van der Waals surface area contributed by atoms with E-state index in [0.717, 1.165) is 5.56 Å². The van der Waals surface area contributed by atoms with Crippen LogP contribution in [-0.2, 0) is 25.5 Å². The Hall–Kier alpha value is -4.05. The minimum absolute atomic E-state index is 0.0587. The first-order chi connectivity index (χ1) is 17.3. The fourth-order valence-electron chi connectivity index (χ4n) is 4.18. The molecule has 2 atom stereocenters. The zero-order valence-electron chi connectivity index (χ0n) is 20.3. The molecule has 0 saturated heterocycles. The molecule has 0 aromatic heterocycles. The number of benzene rings is 2. The van der Waals surface area contributed by atoms with Gasteiger partial charge in [-0.1, -0.05) is 24.3 Å². The first kappa shape index (κ1) is 26.6. The molecule has 0 spiro atoms. The maximum absolute atomic E-state index is 13.2. The van der Waals surface area contributed by atoms with Crippen LogP contribution in [0.1, 0.15) is 30.9 Å². The van der Waals surface area contributed by atoms with Crippen molar-refractivity contribution in [2.45, 2.75) is 26.2 Å². The lowest BCUT2D eigenvalue weighted by molar-refractivity contribution is -0.384. The second-order valence-corrected chi connectivity index (χ2v) is 8.18. The number of aliphatic hydroxyl groups is 1. The van der Waals surface area contributed by atoms with Crippen LogP contribution < -0.4 is 4.74 Å². The number of allylic oxidation sites excluding steroid dienone is 1. The van der Waals surface area contributed by atoms with Crippen molar-refractivity contribution in [2.24, 2.45) is 10.9 Å². The van der Waals surface area contributed by atoms with E-state index in [0.29, 0.717) is 29.1 Å². The highest BCUT2D eigenvalue weighted by molar-refractivity contribution is 6.07. The van der Waals surface area contributed by atoms with E-state index in [2.05, 4.69) is 4.99 Å². The van der Waals surface area contributed by atoms with E-state index >= 15 is 0 Å². The van der Waals surface area contributed by atoms with Crippen molar-refractivity contribution in [2.75, 3.05) is 26.9 Å². The van der Waals surface area contributed by atoms with Crippen LogP contribution in [0.4, 0.5) is 5.69 Å². The summed E-state index contributed by atoms with van der Waals surface area (Å²) in [5.74, 6) is -2.55. The highest BCUT2D eigenvalue weighted by Gasteiger charge is 2.42. The number of ether oxygens (including phenoxy) is 3. The minimum Gasteiger partial charge on any atom is -0.490 e. The van der Waals surface area contributed by atoms with Crippen LogP contribution >= 0.6 is 0 Å². The molecule has 10 nitrogen and oxygen atoms in total. The van der Waals surface area contributed by atoms with Crippen molar-refractivity contribution in [3.8, 4) is 5.75 Å². The van der Waals surface area contributed by atoms with E-state index < -0.39 is 28.7 Å². The van der Waals surface area contributed by atoms with Gasteiger partial charge in [-0.15, -0.1) is 0 Å². The normalized spacial score (nSPS) is 17.3. The lowest BCUT2D eigenvalue weighted by Gasteiger charge is -2.31. The van der Waals surface area contributed by atoms with Crippen molar-refractivity contribution >= 4 is 23.3 Å². The molecule has 2 aromatic rings. The third-order valence-electron chi connectivity index (χ3n) is 5.85. The van der Waals surface area contributed by atoms with Crippen LogP contribution in [0.3, 0.4) is 0 Å². The van der Waals surface area contributed by atoms with E-state index in [1.54, 1.807) is 32.0 Å². The molecule has 0 aliphatic carbocycles. The summed E-state index contributed by atoms with van der Waals surface area (Å²) in [6.07, 6.45) is 0.548. The lowest BCUT2D eigenvalue weighted by Crippen LogP contribution is -2.36. The summed E-state index contributed by atoms with van der Waals surface area (Å²) in [5, 5.41) is 20.4. The number of hydrogen-bond donors (Lipinski definition) is 1. The van der Waals surface area contributed by atoms with Crippen LogP contribution in [0.2, 0.25) is 0 Å². The van der Waals surface area contributed by atoms with Crippen LogP contribution in [0.25, 0.3) is 0 Å². The number of esters is 2. The van der Waals surface area contributed by atoms with E-state index in [4.69, 9.17) is 19.3 Å². The van der Waals surface area contributed by atoms with Crippen LogP contribution in [0, 0.1) is 16.0 Å². The molecular weight excluding hydrogens is 468 g/mol. The van der Waals surface area contributed by atoms with Crippen molar-refractivity contribution in [3.63, 3.8) is 0 Å². The van der Waals surface area contributed by atoms with E-state index in [1.807, 2.05) is 12.1 Å². The molecule has 190 valence electrons. The fourth-order valence-corrected chi connectivity index (χ4v) is 4.18. The number of carbonyl (C=O) groups excluding carboxylic acids is 2. The van der Waals surface area contributed by atoms with Gasteiger partial charge in [-0.05, 0) is 43.5 Å². The van der Waals surface area contributed by atoms with Gasteiger partial charge < -0.3 is 19.3 Å². The van der Waals surface area contributed by atoms with E-state index in [1.165, 1.54) is 25.3 Å². The third kappa shape index (κ3) is 6.14. The number of carbonyl (C=O) groups is 2. The van der Waals surface area contributed by atoms with Gasteiger partial charge in [-0.25, -0.2) is 4.79 Å². The number of nitro benzene ring substituents is 1. The SMILES string of the molecule is COC(=O)C1C(C)=NC(C)=C(C(=O)OCCOc2ccc(CCO)cc2)[C@H]1c1cccc([N+](=O)[O-])c1. The summed E-state index contributed by atoms with van der Waals surface area (Å²) in [5.41, 5.74) is 2.12. The molecule has 10 heteroatoms. The van der Waals surface area contributed by atoms with Gasteiger partial charge in [0, 0.05) is 36.1 Å². The minimum atomic E-state index is -0.947.